The maximum Gasteiger partial charge on any atom is 0.312 e. The number of hydrogen-bond acceptors (Lipinski definition) is 6. The van der Waals surface area contributed by atoms with E-state index in [2.05, 4.69) is 22.5 Å². The molecule has 4 rings (SSSR count). The number of aliphatic hydroxyl groups excluding tert-OH is 1. The fourth-order valence-electron chi connectivity index (χ4n) is 6.94. The summed E-state index contributed by atoms with van der Waals surface area (Å²) in [4.78, 5) is 44.9. The number of likely N-dealkylation sites (tertiary alicyclic amines) is 1. The van der Waals surface area contributed by atoms with Gasteiger partial charge in [-0.25, -0.2) is 0 Å². The molecule has 196 valence electrons. The van der Waals surface area contributed by atoms with E-state index in [0.717, 1.165) is 32.1 Å². The molecule has 0 aromatic carbocycles. The molecular weight excluding hydrogens is 516 g/mol. The van der Waals surface area contributed by atoms with Crippen LogP contribution in [-0.4, -0.2) is 87.1 Å². The van der Waals surface area contributed by atoms with Crippen molar-refractivity contribution in [1.29, 1.82) is 0 Å². The van der Waals surface area contributed by atoms with Crippen molar-refractivity contribution >= 4 is 33.7 Å². The molecule has 1 spiro atoms. The van der Waals surface area contributed by atoms with Crippen LogP contribution in [0, 0.1) is 17.8 Å². The Kier molecular flexibility index (Phi) is 7.98. The summed E-state index contributed by atoms with van der Waals surface area (Å²) in [6.07, 6.45) is 6.76. The van der Waals surface area contributed by atoms with Gasteiger partial charge in [-0.2, -0.15) is 0 Å². The van der Waals surface area contributed by atoms with E-state index in [4.69, 9.17) is 9.47 Å². The molecule has 1 aliphatic carbocycles. The molecule has 0 aromatic heterocycles. The first kappa shape index (κ1) is 26.6. The second-order valence-electron chi connectivity index (χ2n) is 10.7. The molecule has 2 bridgehead atoms. The average molecular weight is 556 g/mol. The zero-order valence-corrected chi connectivity index (χ0v) is 22.6. The highest BCUT2D eigenvalue weighted by atomic mass is 79.9. The van der Waals surface area contributed by atoms with Gasteiger partial charge in [0, 0.05) is 17.4 Å². The molecule has 35 heavy (non-hydrogen) atoms. The quantitative estimate of drug-likeness (QED) is 0.267. The van der Waals surface area contributed by atoms with Crippen molar-refractivity contribution in [3.05, 3.63) is 12.7 Å². The Morgan fingerprint density at radius 3 is 2.60 bits per heavy atom. The maximum atomic E-state index is 14.5. The molecule has 0 aromatic rings. The molecule has 9 heteroatoms. The first-order valence-electron chi connectivity index (χ1n) is 13.1. The monoisotopic (exact) mass is 554 g/mol. The Bertz CT molecular complexity index is 846. The van der Waals surface area contributed by atoms with E-state index in [1.165, 1.54) is 0 Å². The van der Waals surface area contributed by atoms with E-state index in [-0.39, 0.29) is 41.8 Å². The van der Waals surface area contributed by atoms with Crippen LogP contribution in [0.15, 0.2) is 12.7 Å². The zero-order valence-electron chi connectivity index (χ0n) is 21.0. The molecule has 3 saturated heterocycles. The number of rotatable bonds is 9. The largest absolute Gasteiger partial charge is 0.466 e. The summed E-state index contributed by atoms with van der Waals surface area (Å²) in [5.41, 5.74) is -1.14. The molecule has 8 nitrogen and oxygen atoms in total. The standard InChI is InChI=1S/C26H39BrN2O6/c1-5-12-28(16-10-8-7-9-11-16)24(32)22-26-13-17(27)21(35-26)19(25(33)34-6-2)20(26)23(31)29(22)18(14-30)15(3)4/h5,15-22,30H,1,6-14H2,2-4H3/t17?,18-,19+,20-,21+,22+,26-/m0/s1. The number of ether oxygens (including phenoxy) is 2. The van der Waals surface area contributed by atoms with Crippen LogP contribution in [0.5, 0.6) is 0 Å². The van der Waals surface area contributed by atoms with Crippen LogP contribution >= 0.6 is 15.9 Å². The topological polar surface area (TPSA) is 96.4 Å². The van der Waals surface area contributed by atoms with E-state index in [1.807, 2.05) is 18.7 Å². The molecule has 1 unspecified atom stereocenters. The minimum Gasteiger partial charge on any atom is -0.466 e. The maximum absolute atomic E-state index is 14.5. The number of nitrogens with zero attached hydrogens (tertiary/aromatic N) is 2. The van der Waals surface area contributed by atoms with Gasteiger partial charge in [-0.1, -0.05) is 55.1 Å². The molecule has 7 atom stereocenters. The first-order chi connectivity index (χ1) is 16.7. The molecule has 0 radical (unpaired) electrons. The summed E-state index contributed by atoms with van der Waals surface area (Å²) in [6, 6.07) is -1.40. The van der Waals surface area contributed by atoms with E-state index in [9.17, 15) is 19.5 Å². The third-order valence-electron chi connectivity index (χ3n) is 8.46. The second kappa shape index (κ2) is 10.5. The Hall–Kier alpha value is -1.45. The van der Waals surface area contributed by atoms with Gasteiger partial charge in [-0.15, -0.1) is 6.58 Å². The van der Waals surface area contributed by atoms with Crippen LogP contribution in [0.3, 0.4) is 0 Å². The number of amides is 2. The zero-order chi connectivity index (χ0) is 25.5. The molecule has 2 amide bonds. The Balaban J connectivity index is 1.80. The number of aliphatic hydroxyl groups is 1. The second-order valence-corrected chi connectivity index (χ2v) is 11.9. The summed E-state index contributed by atoms with van der Waals surface area (Å²) in [5.74, 6) is -2.60. The van der Waals surface area contributed by atoms with Gasteiger partial charge in [0.15, 0.2) is 0 Å². The molecule has 3 heterocycles. The van der Waals surface area contributed by atoms with Crippen LogP contribution in [0.4, 0.5) is 0 Å². The van der Waals surface area contributed by atoms with E-state index in [1.54, 1.807) is 17.9 Å². The van der Waals surface area contributed by atoms with Crippen LogP contribution < -0.4 is 0 Å². The molecule has 3 aliphatic heterocycles. The van der Waals surface area contributed by atoms with Crippen LogP contribution in [0.25, 0.3) is 0 Å². The van der Waals surface area contributed by atoms with Gasteiger partial charge in [-0.3, -0.25) is 14.4 Å². The summed E-state index contributed by atoms with van der Waals surface area (Å²) in [5, 5.41) is 10.3. The van der Waals surface area contributed by atoms with Gasteiger partial charge in [-0.05, 0) is 32.1 Å². The Labute approximate surface area is 216 Å². The van der Waals surface area contributed by atoms with Gasteiger partial charge >= 0.3 is 5.97 Å². The molecule has 4 fully saturated rings. The number of halogens is 1. The van der Waals surface area contributed by atoms with Gasteiger partial charge < -0.3 is 24.4 Å². The van der Waals surface area contributed by atoms with Crippen molar-refractivity contribution in [3.8, 4) is 0 Å². The highest BCUT2D eigenvalue weighted by molar-refractivity contribution is 9.09. The Morgan fingerprint density at radius 1 is 1.34 bits per heavy atom. The van der Waals surface area contributed by atoms with Crippen LogP contribution in [0.2, 0.25) is 0 Å². The van der Waals surface area contributed by atoms with Gasteiger partial charge in [0.1, 0.15) is 11.6 Å². The lowest BCUT2D eigenvalue weighted by atomic mass is 9.70. The van der Waals surface area contributed by atoms with Gasteiger partial charge in [0.05, 0.1) is 37.2 Å². The first-order valence-corrected chi connectivity index (χ1v) is 14.0. The summed E-state index contributed by atoms with van der Waals surface area (Å²) in [7, 11) is 0. The molecular formula is C26H39BrN2O6. The SMILES string of the molecule is C=CCN(C(=O)[C@H]1N([C@@H](CO)C(C)C)C(=O)[C@@H]2[C@@H](C(=O)OCC)[C@@H]3O[C@@]21CC3Br)C1CCCCC1. The van der Waals surface area contributed by atoms with Crippen molar-refractivity contribution < 1.29 is 29.0 Å². The van der Waals surface area contributed by atoms with Gasteiger partial charge in [0.25, 0.3) is 0 Å². The van der Waals surface area contributed by atoms with Gasteiger partial charge in [0.2, 0.25) is 11.8 Å². The number of esters is 1. The summed E-state index contributed by atoms with van der Waals surface area (Å²) >= 11 is 3.68. The number of hydrogen-bond donors (Lipinski definition) is 1. The molecule has 4 aliphatic rings. The highest BCUT2D eigenvalue weighted by Gasteiger charge is 2.77. The van der Waals surface area contributed by atoms with Crippen molar-refractivity contribution in [2.75, 3.05) is 19.8 Å². The number of carbonyl (C=O) groups is 3. The minimum absolute atomic E-state index is 0.0764. The summed E-state index contributed by atoms with van der Waals surface area (Å²) < 4.78 is 11.9. The normalized spacial score (nSPS) is 35.3. The van der Waals surface area contributed by atoms with Crippen LogP contribution in [0.1, 0.15) is 59.3 Å². The summed E-state index contributed by atoms with van der Waals surface area (Å²) in [6.45, 7) is 9.80. The number of carbonyl (C=O) groups excluding carboxylic acids is 3. The smallest absolute Gasteiger partial charge is 0.312 e. The van der Waals surface area contributed by atoms with Crippen molar-refractivity contribution in [2.24, 2.45) is 17.8 Å². The lowest BCUT2D eigenvalue weighted by molar-refractivity contribution is -0.157. The Morgan fingerprint density at radius 2 is 2.03 bits per heavy atom. The fourth-order valence-corrected chi connectivity index (χ4v) is 7.88. The predicted octanol–water partition coefficient (Wildman–Crippen LogP) is 2.66. The van der Waals surface area contributed by atoms with Crippen molar-refractivity contribution in [2.45, 2.75) is 94.0 Å². The third kappa shape index (κ3) is 4.25. The lowest BCUT2D eigenvalue weighted by Gasteiger charge is -2.43. The minimum atomic E-state index is -1.14. The lowest BCUT2D eigenvalue weighted by Crippen LogP contribution is -2.61. The van der Waals surface area contributed by atoms with E-state index in [0.29, 0.717) is 13.0 Å². The number of fused-ring (bicyclic) bond motifs is 1. The molecule has 1 N–H and O–H groups in total. The third-order valence-corrected chi connectivity index (χ3v) is 9.30. The fraction of sp³-hybridized carbons (Fsp3) is 0.808. The van der Waals surface area contributed by atoms with Crippen molar-refractivity contribution in [3.63, 3.8) is 0 Å². The van der Waals surface area contributed by atoms with Crippen LogP contribution in [-0.2, 0) is 23.9 Å². The number of alkyl halides is 1. The highest BCUT2D eigenvalue weighted by Crippen LogP contribution is 2.61. The van der Waals surface area contributed by atoms with E-state index >= 15 is 0 Å². The average Bonchev–Trinajstić information content (AvgIpc) is 3.42. The molecule has 1 saturated carbocycles. The van der Waals surface area contributed by atoms with E-state index < -0.39 is 41.6 Å². The van der Waals surface area contributed by atoms with Crippen molar-refractivity contribution in [1.82, 2.24) is 9.80 Å². The predicted molar refractivity (Wildman–Crippen MR) is 134 cm³/mol.